The van der Waals surface area contributed by atoms with Crippen molar-refractivity contribution in [3.8, 4) is 0 Å². The normalized spacial score (nSPS) is 24.1. The van der Waals surface area contributed by atoms with Crippen LogP contribution in [0.4, 0.5) is 4.39 Å². The van der Waals surface area contributed by atoms with Crippen LogP contribution < -0.4 is 0 Å². The molecule has 2 rings (SSSR count). The first-order valence-corrected chi connectivity index (χ1v) is 7.16. The van der Waals surface area contributed by atoms with E-state index in [9.17, 15) is 14.3 Å². The van der Waals surface area contributed by atoms with Gasteiger partial charge in [-0.1, -0.05) is 6.07 Å². The Morgan fingerprint density at radius 2 is 2.16 bits per heavy atom. The zero-order chi connectivity index (χ0) is 14.0. The first kappa shape index (κ1) is 14.5. The maximum absolute atomic E-state index is 13.9. The molecule has 0 aromatic heterocycles. The van der Waals surface area contributed by atoms with Crippen LogP contribution in [0.2, 0.25) is 0 Å². The highest BCUT2D eigenvalue weighted by molar-refractivity contribution is 9.10. The molecule has 1 fully saturated rings. The molecule has 1 unspecified atom stereocenters. The molecule has 0 spiro atoms. The average Bonchev–Trinajstić information content (AvgIpc) is 2.53. The predicted octanol–water partition coefficient (Wildman–Crippen LogP) is 2.97. The summed E-state index contributed by atoms with van der Waals surface area (Å²) in [5.41, 5.74) is -0.652. The molecular weight excluding hydrogens is 313 g/mol. The van der Waals surface area contributed by atoms with Gasteiger partial charge in [-0.05, 0) is 54.2 Å². The zero-order valence-electron chi connectivity index (χ0n) is 10.8. The topological polar surface area (TPSA) is 40.5 Å². The summed E-state index contributed by atoms with van der Waals surface area (Å²) >= 11 is 3.09. The molecule has 0 aliphatic carbocycles. The number of amides is 1. The van der Waals surface area contributed by atoms with Crippen LogP contribution in [0.1, 0.15) is 36.5 Å². The van der Waals surface area contributed by atoms with Gasteiger partial charge in [-0.25, -0.2) is 4.39 Å². The summed E-state index contributed by atoms with van der Waals surface area (Å²) in [4.78, 5) is 13.9. The number of carbonyl (C=O) groups excluding carboxylic acids is 1. The Kier molecular flexibility index (Phi) is 4.26. The lowest BCUT2D eigenvalue weighted by Gasteiger charge is -2.23. The number of halogens is 2. The van der Waals surface area contributed by atoms with E-state index in [0.29, 0.717) is 30.4 Å². The molecule has 1 heterocycles. The van der Waals surface area contributed by atoms with Crippen LogP contribution in [-0.2, 0) is 0 Å². The third-order valence-corrected chi connectivity index (χ3v) is 4.15. The molecule has 1 saturated heterocycles. The molecule has 0 radical (unpaired) electrons. The van der Waals surface area contributed by atoms with Gasteiger partial charge in [-0.2, -0.15) is 0 Å². The van der Waals surface area contributed by atoms with Crippen LogP contribution >= 0.6 is 15.9 Å². The SMILES string of the molecule is CC1(O)CCCN(C(=O)c2cccc(Br)c2F)CC1. The number of carbonyl (C=O) groups is 1. The molecule has 19 heavy (non-hydrogen) atoms. The van der Waals surface area contributed by atoms with E-state index >= 15 is 0 Å². The van der Waals surface area contributed by atoms with E-state index in [2.05, 4.69) is 15.9 Å². The average molecular weight is 330 g/mol. The highest BCUT2D eigenvalue weighted by Gasteiger charge is 2.28. The van der Waals surface area contributed by atoms with E-state index in [1.807, 2.05) is 0 Å². The van der Waals surface area contributed by atoms with Gasteiger partial charge in [0.25, 0.3) is 5.91 Å². The van der Waals surface area contributed by atoms with Gasteiger partial charge in [0, 0.05) is 13.1 Å². The number of hydrogen-bond acceptors (Lipinski definition) is 2. The molecule has 1 atom stereocenters. The van der Waals surface area contributed by atoms with E-state index < -0.39 is 11.4 Å². The number of rotatable bonds is 1. The van der Waals surface area contributed by atoms with E-state index in [1.165, 1.54) is 6.07 Å². The zero-order valence-corrected chi connectivity index (χ0v) is 12.4. The third kappa shape index (κ3) is 3.34. The molecule has 1 aromatic rings. The molecule has 0 saturated carbocycles. The Bertz CT molecular complexity index is 490. The molecule has 1 amide bonds. The van der Waals surface area contributed by atoms with E-state index in [-0.39, 0.29) is 11.5 Å². The molecule has 104 valence electrons. The molecule has 1 N–H and O–H groups in total. The summed E-state index contributed by atoms with van der Waals surface area (Å²) in [5.74, 6) is -0.833. The lowest BCUT2D eigenvalue weighted by Crippen LogP contribution is -2.34. The van der Waals surface area contributed by atoms with Crippen molar-refractivity contribution >= 4 is 21.8 Å². The molecule has 5 heteroatoms. The Balaban J connectivity index is 2.18. The van der Waals surface area contributed by atoms with E-state index in [4.69, 9.17) is 0 Å². The standard InChI is InChI=1S/C14H17BrFNO2/c1-14(19)6-3-8-17(9-7-14)13(18)10-4-2-5-11(15)12(10)16/h2,4-5,19H,3,6-9H2,1H3. The highest BCUT2D eigenvalue weighted by Crippen LogP contribution is 2.24. The molecule has 1 aliphatic heterocycles. The minimum Gasteiger partial charge on any atom is -0.390 e. The summed E-state index contributed by atoms with van der Waals surface area (Å²) in [6, 6.07) is 4.71. The largest absolute Gasteiger partial charge is 0.390 e. The smallest absolute Gasteiger partial charge is 0.256 e. The fourth-order valence-corrected chi connectivity index (χ4v) is 2.67. The van der Waals surface area contributed by atoms with Crippen molar-refractivity contribution < 1.29 is 14.3 Å². The summed E-state index contributed by atoms with van der Waals surface area (Å²) in [6.45, 7) is 2.79. The van der Waals surface area contributed by atoms with Crippen molar-refractivity contribution in [1.82, 2.24) is 4.90 Å². The lowest BCUT2D eigenvalue weighted by molar-refractivity contribution is 0.0437. The maximum Gasteiger partial charge on any atom is 0.256 e. The van der Waals surface area contributed by atoms with Crippen molar-refractivity contribution in [1.29, 1.82) is 0 Å². The fraction of sp³-hybridized carbons (Fsp3) is 0.500. The number of hydrogen-bond donors (Lipinski definition) is 1. The minimum absolute atomic E-state index is 0.0796. The number of benzene rings is 1. The maximum atomic E-state index is 13.9. The third-order valence-electron chi connectivity index (χ3n) is 3.53. The summed E-state index contributed by atoms with van der Waals surface area (Å²) in [5, 5.41) is 10.0. The van der Waals surface area contributed by atoms with Crippen LogP contribution in [0.25, 0.3) is 0 Å². The van der Waals surface area contributed by atoms with Crippen LogP contribution in [0.15, 0.2) is 22.7 Å². The van der Waals surface area contributed by atoms with Gasteiger partial charge in [0.15, 0.2) is 0 Å². The molecular formula is C14H17BrFNO2. The van der Waals surface area contributed by atoms with Crippen LogP contribution in [0.3, 0.4) is 0 Å². The number of aliphatic hydroxyl groups is 1. The van der Waals surface area contributed by atoms with Crippen molar-refractivity contribution in [3.05, 3.63) is 34.1 Å². The summed E-state index contributed by atoms with van der Waals surface area (Å²) < 4.78 is 14.2. The monoisotopic (exact) mass is 329 g/mol. The highest BCUT2D eigenvalue weighted by atomic mass is 79.9. The summed E-state index contributed by atoms with van der Waals surface area (Å²) in [7, 11) is 0. The van der Waals surface area contributed by atoms with Gasteiger partial charge in [0.2, 0.25) is 0 Å². The Morgan fingerprint density at radius 3 is 2.89 bits per heavy atom. The van der Waals surface area contributed by atoms with Crippen molar-refractivity contribution in [2.75, 3.05) is 13.1 Å². The van der Waals surface area contributed by atoms with Gasteiger partial charge >= 0.3 is 0 Å². The van der Waals surface area contributed by atoms with Gasteiger partial charge in [-0.3, -0.25) is 4.79 Å². The van der Waals surface area contributed by atoms with E-state index in [0.717, 1.165) is 6.42 Å². The molecule has 0 bridgehead atoms. The van der Waals surface area contributed by atoms with Gasteiger partial charge in [0.1, 0.15) is 5.82 Å². The van der Waals surface area contributed by atoms with Crippen molar-refractivity contribution in [3.63, 3.8) is 0 Å². The molecule has 3 nitrogen and oxygen atoms in total. The first-order valence-electron chi connectivity index (χ1n) is 6.36. The van der Waals surface area contributed by atoms with Gasteiger partial charge < -0.3 is 10.0 Å². The Labute approximate surface area is 120 Å². The number of likely N-dealkylation sites (tertiary alicyclic amines) is 1. The van der Waals surface area contributed by atoms with Crippen LogP contribution in [0.5, 0.6) is 0 Å². The Hall–Kier alpha value is -0.940. The van der Waals surface area contributed by atoms with Gasteiger partial charge in [0.05, 0.1) is 15.6 Å². The van der Waals surface area contributed by atoms with Crippen LogP contribution in [-0.4, -0.2) is 34.6 Å². The predicted molar refractivity (Wildman–Crippen MR) is 74.5 cm³/mol. The quantitative estimate of drug-likeness (QED) is 0.860. The second-order valence-corrected chi connectivity index (χ2v) is 6.10. The number of nitrogens with zero attached hydrogens (tertiary/aromatic N) is 1. The lowest BCUT2D eigenvalue weighted by atomic mass is 9.98. The van der Waals surface area contributed by atoms with Crippen LogP contribution in [0, 0.1) is 5.82 Å². The van der Waals surface area contributed by atoms with Crippen molar-refractivity contribution in [2.24, 2.45) is 0 Å². The first-order chi connectivity index (χ1) is 8.91. The minimum atomic E-state index is -0.731. The second kappa shape index (κ2) is 5.59. The van der Waals surface area contributed by atoms with Gasteiger partial charge in [-0.15, -0.1) is 0 Å². The molecule has 1 aromatic carbocycles. The summed E-state index contributed by atoms with van der Waals surface area (Å²) in [6.07, 6.45) is 1.92. The van der Waals surface area contributed by atoms with Crippen molar-refractivity contribution in [2.45, 2.75) is 31.8 Å². The van der Waals surface area contributed by atoms with E-state index in [1.54, 1.807) is 24.0 Å². The fourth-order valence-electron chi connectivity index (χ4n) is 2.31. The second-order valence-electron chi connectivity index (χ2n) is 5.24. The molecule has 1 aliphatic rings. The Morgan fingerprint density at radius 1 is 1.42 bits per heavy atom.